The lowest BCUT2D eigenvalue weighted by Gasteiger charge is -2.08. The van der Waals surface area contributed by atoms with Gasteiger partial charge in [0.15, 0.2) is 9.84 Å². The van der Waals surface area contributed by atoms with Crippen LogP contribution in [0.4, 0.5) is 10.1 Å². The molecule has 0 radical (unpaired) electrons. The highest BCUT2D eigenvalue weighted by molar-refractivity contribution is 7.92. The van der Waals surface area contributed by atoms with Crippen LogP contribution in [0.15, 0.2) is 23.1 Å². The highest BCUT2D eigenvalue weighted by atomic mass is 32.2. The largest absolute Gasteiger partial charge is 0.398 e. The summed E-state index contributed by atoms with van der Waals surface area (Å²) in [5.41, 5.74) is 5.19. The molecule has 0 saturated carbocycles. The number of nitriles is 1. The number of sulfone groups is 1. The predicted octanol–water partition coefficient (Wildman–Crippen LogP) is 1.09. The van der Waals surface area contributed by atoms with Crippen LogP contribution in [0.5, 0.6) is 0 Å². The van der Waals surface area contributed by atoms with Crippen LogP contribution in [-0.4, -0.2) is 13.7 Å². The van der Waals surface area contributed by atoms with Crippen molar-refractivity contribution >= 4 is 15.5 Å². The van der Waals surface area contributed by atoms with Crippen molar-refractivity contribution in [1.29, 1.82) is 5.26 Å². The van der Waals surface area contributed by atoms with Crippen LogP contribution >= 0.6 is 0 Å². The van der Waals surface area contributed by atoms with Gasteiger partial charge in [0.05, 0.1) is 16.7 Å². The van der Waals surface area contributed by atoms with E-state index in [2.05, 4.69) is 0 Å². The Morgan fingerprint density at radius 1 is 1.53 bits per heavy atom. The van der Waals surface area contributed by atoms with Crippen LogP contribution in [-0.2, 0) is 9.84 Å². The maximum absolute atomic E-state index is 12.7. The first-order valence-electron chi connectivity index (χ1n) is 4.08. The summed E-state index contributed by atoms with van der Waals surface area (Å²) in [6.45, 7) is 1.25. The van der Waals surface area contributed by atoms with Crippen LogP contribution in [0.3, 0.4) is 0 Å². The molecule has 0 aliphatic rings. The molecule has 0 aliphatic heterocycles. The molecule has 1 rings (SSSR count). The van der Waals surface area contributed by atoms with Gasteiger partial charge in [-0.05, 0) is 25.1 Å². The number of anilines is 1. The van der Waals surface area contributed by atoms with E-state index >= 15 is 0 Å². The number of benzene rings is 1. The molecule has 0 fully saturated rings. The molecule has 1 aromatic carbocycles. The maximum atomic E-state index is 12.7. The third-order valence-electron chi connectivity index (χ3n) is 1.93. The number of nitrogens with two attached hydrogens (primary N) is 1. The van der Waals surface area contributed by atoms with Gasteiger partial charge in [-0.3, -0.25) is 0 Å². The lowest BCUT2D eigenvalue weighted by molar-refractivity contribution is 0.591. The molecular weight excluding hydrogens is 219 g/mol. The van der Waals surface area contributed by atoms with Crippen LogP contribution in [0.25, 0.3) is 0 Å². The van der Waals surface area contributed by atoms with E-state index in [1.165, 1.54) is 6.92 Å². The minimum atomic E-state index is -3.79. The molecule has 0 aromatic heterocycles. The molecule has 15 heavy (non-hydrogen) atoms. The first kappa shape index (κ1) is 11.5. The molecule has 80 valence electrons. The van der Waals surface area contributed by atoms with E-state index in [9.17, 15) is 12.8 Å². The fourth-order valence-corrected chi connectivity index (χ4v) is 2.20. The van der Waals surface area contributed by atoms with E-state index in [1.807, 2.05) is 0 Å². The fraction of sp³-hybridized carbons (Fsp3) is 0.222. The van der Waals surface area contributed by atoms with Gasteiger partial charge in [-0.25, -0.2) is 12.8 Å². The summed E-state index contributed by atoms with van der Waals surface area (Å²) < 4.78 is 36.0. The Labute approximate surface area is 87.0 Å². The number of rotatable bonds is 2. The summed E-state index contributed by atoms with van der Waals surface area (Å²) in [7, 11) is -3.79. The summed E-state index contributed by atoms with van der Waals surface area (Å²) in [5.74, 6) is -0.615. The van der Waals surface area contributed by atoms with Gasteiger partial charge >= 0.3 is 0 Å². The average Bonchev–Trinajstić information content (AvgIpc) is 2.15. The zero-order valence-electron chi connectivity index (χ0n) is 7.94. The van der Waals surface area contributed by atoms with Crippen LogP contribution in [0.1, 0.15) is 6.92 Å². The molecule has 1 aromatic rings. The predicted molar refractivity (Wildman–Crippen MR) is 53.1 cm³/mol. The number of halogens is 1. The Bertz CT molecular complexity index is 519. The normalized spacial score (nSPS) is 13.1. The van der Waals surface area contributed by atoms with E-state index in [-0.39, 0.29) is 10.6 Å². The summed E-state index contributed by atoms with van der Waals surface area (Å²) in [5, 5.41) is 7.33. The van der Waals surface area contributed by atoms with Gasteiger partial charge in [-0.2, -0.15) is 5.26 Å². The zero-order valence-corrected chi connectivity index (χ0v) is 8.75. The molecule has 0 heterocycles. The zero-order chi connectivity index (χ0) is 11.6. The second-order valence-electron chi connectivity index (χ2n) is 3.00. The molecule has 0 saturated heterocycles. The second-order valence-corrected chi connectivity index (χ2v) is 5.24. The Morgan fingerprint density at radius 2 is 2.13 bits per heavy atom. The number of hydrogen-bond donors (Lipinski definition) is 1. The SMILES string of the molecule is CC(C#N)S(=O)(=O)c1ccc(F)cc1N. The number of nitrogens with zero attached hydrogens (tertiary/aromatic N) is 1. The molecule has 0 aliphatic carbocycles. The maximum Gasteiger partial charge on any atom is 0.196 e. The highest BCUT2D eigenvalue weighted by Gasteiger charge is 2.25. The van der Waals surface area contributed by atoms with Gasteiger partial charge in [-0.15, -0.1) is 0 Å². The summed E-state index contributed by atoms with van der Waals surface area (Å²) in [6, 6.07) is 4.58. The monoisotopic (exact) mass is 228 g/mol. The highest BCUT2D eigenvalue weighted by Crippen LogP contribution is 2.23. The average molecular weight is 228 g/mol. The number of nitrogen functional groups attached to an aromatic ring is 1. The van der Waals surface area contributed by atoms with Crippen LogP contribution in [0.2, 0.25) is 0 Å². The summed E-state index contributed by atoms with van der Waals surface area (Å²) in [6.07, 6.45) is 0. The molecule has 4 nitrogen and oxygen atoms in total. The van der Waals surface area contributed by atoms with Crippen LogP contribution in [0, 0.1) is 17.1 Å². The van der Waals surface area contributed by atoms with Crippen molar-refractivity contribution in [3.8, 4) is 6.07 Å². The van der Waals surface area contributed by atoms with Gasteiger partial charge in [0.1, 0.15) is 11.1 Å². The molecule has 6 heteroatoms. The lowest BCUT2D eigenvalue weighted by Crippen LogP contribution is -2.17. The van der Waals surface area contributed by atoms with Gasteiger partial charge < -0.3 is 5.73 Å². The third-order valence-corrected chi connectivity index (χ3v) is 3.95. The molecular formula is C9H9FN2O2S. The Kier molecular flexibility index (Phi) is 2.95. The Balaban J connectivity index is 3.36. The van der Waals surface area contributed by atoms with E-state index in [1.54, 1.807) is 6.07 Å². The van der Waals surface area contributed by atoms with Crippen molar-refractivity contribution in [1.82, 2.24) is 0 Å². The fourth-order valence-electron chi connectivity index (χ4n) is 1.04. The molecule has 1 unspecified atom stereocenters. The van der Waals surface area contributed by atoms with E-state index in [0.717, 1.165) is 18.2 Å². The van der Waals surface area contributed by atoms with Gasteiger partial charge in [0.25, 0.3) is 0 Å². The van der Waals surface area contributed by atoms with Crippen molar-refractivity contribution in [2.75, 3.05) is 5.73 Å². The topological polar surface area (TPSA) is 84.0 Å². The van der Waals surface area contributed by atoms with Gasteiger partial charge in [0.2, 0.25) is 0 Å². The molecule has 0 bridgehead atoms. The molecule has 0 amide bonds. The smallest absolute Gasteiger partial charge is 0.196 e. The van der Waals surface area contributed by atoms with E-state index in [0.29, 0.717) is 0 Å². The van der Waals surface area contributed by atoms with E-state index in [4.69, 9.17) is 11.0 Å². The Hall–Kier alpha value is -1.61. The van der Waals surface area contributed by atoms with E-state index < -0.39 is 20.9 Å². The minimum Gasteiger partial charge on any atom is -0.398 e. The first-order valence-corrected chi connectivity index (χ1v) is 5.62. The summed E-state index contributed by atoms with van der Waals surface area (Å²) >= 11 is 0. The minimum absolute atomic E-state index is 0.183. The molecule has 2 N–H and O–H groups in total. The van der Waals surface area contributed by atoms with Gasteiger partial charge in [0, 0.05) is 0 Å². The number of hydrogen-bond acceptors (Lipinski definition) is 4. The van der Waals surface area contributed by atoms with Crippen molar-refractivity contribution in [3.05, 3.63) is 24.0 Å². The lowest BCUT2D eigenvalue weighted by atomic mass is 10.3. The molecule has 0 spiro atoms. The van der Waals surface area contributed by atoms with Crippen molar-refractivity contribution in [3.63, 3.8) is 0 Å². The molecule has 1 atom stereocenters. The quantitative estimate of drug-likeness (QED) is 0.606. The first-order chi connectivity index (χ1) is 6.89. The van der Waals surface area contributed by atoms with Crippen molar-refractivity contribution in [2.24, 2.45) is 0 Å². The Morgan fingerprint density at radius 3 is 2.60 bits per heavy atom. The second kappa shape index (κ2) is 3.87. The van der Waals surface area contributed by atoms with Gasteiger partial charge in [-0.1, -0.05) is 0 Å². The van der Waals surface area contributed by atoms with Crippen LogP contribution < -0.4 is 5.73 Å². The van der Waals surface area contributed by atoms with Crippen molar-refractivity contribution < 1.29 is 12.8 Å². The standard InChI is InChI=1S/C9H9FN2O2S/c1-6(5-11)15(13,14)9-3-2-7(10)4-8(9)12/h2-4,6H,12H2,1H3. The third kappa shape index (κ3) is 2.07. The summed E-state index contributed by atoms with van der Waals surface area (Å²) in [4.78, 5) is -0.210. The van der Waals surface area contributed by atoms with Crippen molar-refractivity contribution in [2.45, 2.75) is 17.1 Å².